The molecule has 1 atom stereocenters. The molecule has 1 N–H and O–H groups in total. The molecule has 104 valence electrons. The second-order valence-corrected chi connectivity index (χ2v) is 6.20. The number of benzene rings is 1. The summed E-state index contributed by atoms with van der Waals surface area (Å²) in [6.45, 7) is 3.39. The second-order valence-electron chi connectivity index (χ2n) is 5.36. The average molecular weight is 302 g/mol. The van der Waals surface area contributed by atoms with Gasteiger partial charge in [-0.3, -0.25) is 9.69 Å². The summed E-state index contributed by atoms with van der Waals surface area (Å²) in [7, 11) is 0. The van der Waals surface area contributed by atoms with Crippen LogP contribution in [0.5, 0.6) is 0 Å². The summed E-state index contributed by atoms with van der Waals surface area (Å²) >= 11 is 11.9. The minimum Gasteiger partial charge on any atom is -0.389 e. The summed E-state index contributed by atoms with van der Waals surface area (Å²) in [5.41, 5.74) is -0.268. The Morgan fingerprint density at radius 2 is 2.21 bits per heavy atom. The molecule has 0 radical (unpaired) electrons. The summed E-state index contributed by atoms with van der Waals surface area (Å²) in [5.74, 6) is -0.0646. The summed E-state index contributed by atoms with van der Waals surface area (Å²) in [6.07, 6.45) is 1.67. The van der Waals surface area contributed by atoms with Crippen molar-refractivity contribution in [1.82, 2.24) is 4.90 Å². The van der Waals surface area contributed by atoms with Gasteiger partial charge in [-0.2, -0.15) is 0 Å². The number of β-amino-alcohol motifs (C(OH)–C–C–N with tert-alkyl or cyclic N) is 1. The highest BCUT2D eigenvalue weighted by Gasteiger charge is 2.29. The Labute approximate surface area is 123 Å². The van der Waals surface area contributed by atoms with Gasteiger partial charge in [0.15, 0.2) is 5.78 Å². The third-order valence-corrected chi connectivity index (χ3v) is 3.91. The number of aliphatic hydroxyl groups is 1. The quantitative estimate of drug-likeness (QED) is 0.873. The normalized spacial score (nSPS) is 24.4. The summed E-state index contributed by atoms with van der Waals surface area (Å²) in [4.78, 5) is 14.2. The predicted octanol–water partition coefficient (Wildman–Crippen LogP) is 3.02. The molecule has 0 aromatic heterocycles. The molecule has 1 heterocycles. The lowest BCUT2D eigenvalue weighted by atomic mass is 9.95. The van der Waals surface area contributed by atoms with Gasteiger partial charge in [0, 0.05) is 17.1 Å². The van der Waals surface area contributed by atoms with Crippen LogP contribution >= 0.6 is 23.2 Å². The van der Waals surface area contributed by atoms with Crippen molar-refractivity contribution in [3.8, 4) is 0 Å². The number of hydrogen-bond acceptors (Lipinski definition) is 3. The molecule has 0 saturated carbocycles. The molecule has 1 saturated heterocycles. The van der Waals surface area contributed by atoms with E-state index in [0.29, 0.717) is 22.2 Å². The van der Waals surface area contributed by atoms with Gasteiger partial charge >= 0.3 is 0 Å². The molecule has 0 spiro atoms. The van der Waals surface area contributed by atoms with Gasteiger partial charge in [-0.1, -0.05) is 23.2 Å². The lowest BCUT2D eigenvalue weighted by molar-refractivity contribution is -0.0132. The van der Waals surface area contributed by atoms with Crippen LogP contribution < -0.4 is 0 Å². The minimum absolute atomic E-state index is 0.0646. The van der Waals surface area contributed by atoms with Crippen LogP contribution in [0.2, 0.25) is 10.0 Å². The SMILES string of the molecule is CC1(O)CCCN(CC(=O)c2cc(Cl)ccc2Cl)C1. The van der Waals surface area contributed by atoms with Crippen molar-refractivity contribution >= 4 is 29.0 Å². The third kappa shape index (κ3) is 3.93. The topological polar surface area (TPSA) is 40.5 Å². The van der Waals surface area contributed by atoms with E-state index in [-0.39, 0.29) is 12.3 Å². The predicted molar refractivity (Wildman–Crippen MR) is 77.1 cm³/mol. The number of carbonyl (C=O) groups excluding carboxylic acids is 1. The maximum Gasteiger partial charge on any atom is 0.178 e. The van der Waals surface area contributed by atoms with Gasteiger partial charge in [0.1, 0.15) is 0 Å². The lowest BCUT2D eigenvalue weighted by Crippen LogP contribution is -2.47. The molecule has 19 heavy (non-hydrogen) atoms. The average Bonchev–Trinajstić information content (AvgIpc) is 2.31. The van der Waals surface area contributed by atoms with Crippen molar-refractivity contribution < 1.29 is 9.90 Å². The molecule has 3 nitrogen and oxygen atoms in total. The smallest absolute Gasteiger partial charge is 0.178 e. The van der Waals surface area contributed by atoms with Crippen LogP contribution in [-0.2, 0) is 0 Å². The fraction of sp³-hybridized carbons (Fsp3) is 0.500. The van der Waals surface area contributed by atoms with E-state index in [0.717, 1.165) is 19.4 Å². The highest BCUT2D eigenvalue weighted by Crippen LogP contribution is 2.23. The van der Waals surface area contributed by atoms with E-state index in [1.54, 1.807) is 25.1 Å². The van der Waals surface area contributed by atoms with Crippen molar-refractivity contribution in [2.45, 2.75) is 25.4 Å². The van der Waals surface area contributed by atoms with Crippen molar-refractivity contribution in [1.29, 1.82) is 0 Å². The first-order valence-corrected chi connectivity index (χ1v) is 7.06. The number of Topliss-reactive ketones (excluding diaryl/α,β-unsaturated/α-hetero) is 1. The zero-order valence-electron chi connectivity index (χ0n) is 10.8. The van der Waals surface area contributed by atoms with Crippen LogP contribution in [0.4, 0.5) is 0 Å². The van der Waals surface area contributed by atoms with E-state index < -0.39 is 5.60 Å². The molecule has 0 aliphatic carbocycles. The van der Waals surface area contributed by atoms with Gasteiger partial charge in [-0.05, 0) is 44.5 Å². The fourth-order valence-corrected chi connectivity index (χ4v) is 2.85. The molecule has 2 rings (SSSR count). The van der Waals surface area contributed by atoms with Crippen LogP contribution in [0.3, 0.4) is 0 Å². The number of ketones is 1. The molecule has 5 heteroatoms. The third-order valence-electron chi connectivity index (χ3n) is 3.35. The molecule has 1 fully saturated rings. The number of rotatable bonds is 3. The molecule has 0 amide bonds. The molecule has 1 aliphatic heterocycles. The molecular formula is C14H17Cl2NO2. The Balaban J connectivity index is 2.06. The summed E-state index contributed by atoms with van der Waals surface area (Å²) < 4.78 is 0. The fourth-order valence-electron chi connectivity index (χ4n) is 2.46. The molecule has 1 aliphatic rings. The Kier molecular flexibility index (Phi) is 4.51. The molecule has 1 aromatic rings. The lowest BCUT2D eigenvalue weighted by Gasteiger charge is -2.36. The standard InChI is InChI=1S/C14H17Cl2NO2/c1-14(19)5-2-6-17(9-14)8-13(18)11-7-10(15)3-4-12(11)16/h3-4,7,19H,2,5-6,8-9H2,1H3. The largest absolute Gasteiger partial charge is 0.389 e. The Hall–Kier alpha value is -0.610. The van der Waals surface area contributed by atoms with Crippen molar-refractivity contribution in [3.05, 3.63) is 33.8 Å². The maximum atomic E-state index is 12.2. The number of likely N-dealkylation sites (tertiary alicyclic amines) is 1. The monoisotopic (exact) mass is 301 g/mol. The van der Waals surface area contributed by atoms with E-state index in [1.165, 1.54) is 0 Å². The molecular weight excluding hydrogens is 285 g/mol. The maximum absolute atomic E-state index is 12.2. The van der Waals surface area contributed by atoms with Crippen LogP contribution in [0.1, 0.15) is 30.1 Å². The number of hydrogen-bond donors (Lipinski definition) is 1. The van der Waals surface area contributed by atoms with E-state index in [1.807, 2.05) is 4.90 Å². The highest BCUT2D eigenvalue weighted by atomic mass is 35.5. The number of carbonyl (C=O) groups is 1. The van der Waals surface area contributed by atoms with Crippen LogP contribution in [0, 0.1) is 0 Å². The van der Waals surface area contributed by atoms with Crippen molar-refractivity contribution in [2.24, 2.45) is 0 Å². The second kappa shape index (κ2) is 5.80. The van der Waals surface area contributed by atoms with Gasteiger partial charge in [0.05, 0.1) is 17.2 Å². The zero-order chi connectivity index (χ0) is 14.0. The zero-order valence-corrected chi connectivity index (χ0v) is 12.3. The van der Waals surface area contributed by atoms with Crippen LogP contribution in [0.15, 0.2) is 18.2 Å². The van der Waals surface area contributed by atoms with Crippen molar-refractivity contribution in [2.75, 3.05) is 19.6 Å². The Morgan fingerprint density at radius 1 is 1.47 bits per heavy atom. The van der Waals surface area contributed by atoms with Crippen LogP contribution in [0.25, 0.3) is 0 Å². The van der Waals surface area contributed by atoms with Gasteiger partial charge in [0.25, 0.3) is 0 Å². The Morgan fingerprint density at radius 3 is 2.89 bits per heavy atom. The van der Waals surface area contributed by atoms with Crippen molar-refractivity contribution in [3.63, 3.8) is 0 Å². The first-order valence-electron chi connectivity index (χ1n) is 6.30. The highest BCUT2D eigenvalue weighted by molar-refractivity contribution is 6.36. The molecule has 1 unspecified atom stereocenters. The minimum atomic E-state index is -0.712. The molecule has 1 aromatic carbocycles. The number of piperidine rings is 1. The number of nitrogens with zero attached hydrogens (tertiary/aromatic N) is 1. The summed E-state index contributed by atoms with van der Waals surface area (Å²) in [6, 6.07) is 4.88. The first-order chi connectivity index (χ1) is 8.87. The van der Waals surface area contributed by atoms with Gasteiger partial charge in [0.2, 0.25) is 0 Å². The van der Waals surface area contributed by atoms with Crippen LogP contribution in [-0.4, -0.2) is 41.0 Å². The van der Waals surface area contributed by atoms with Gasteiger partial charge < -0.3 is 5.11 Å². The molecule has 0 bridgehead atoms. The number of halogens is 2. The van der Waals surface area contributed by atoms with E-state index in [2.05, 4.69) is 0 Å². The summed E-state index contributed by atoms with van der Waals surface area (Å²) in [5, 5.41) is 10.9. The van der Waals surface area contributed by atoms with E-state index >= 15 is 0 Å². The first kappa shape index (κ1) is 14.8. The van der Waals surface area contributed by atoms with Gasteiger partial charge in [-0.25, -0.2) is 0 Å². The van der Waals surface area contributed by atoms with Gasteiger partial charge in [-0.15, -0.1) is 0 Å². The van der Waals surface area contributed by atoms with E-state index in [9.17, 15) is 9.90 Å². The Bertz CT molecular complexity index is 488. The van der Waals surface area contributed by atoms with E-state index in [4.69, 9.17) is 23.2 Å².